The van der Waals surface area contributed by atoms with Crippen LogP contribution in [-0.4, -0.2) is 16.3 Å². The molecule has 18 heavy (non-hydrogen) atoms. The first-order valence-electron chi connectivity index (χ1n) is 6.17. The summed E-state index contributed by atoms with van der Waals surface area (Å²) in [6, 6.07) is 2.00. The van der Waals surface area contributed by atoms with Crippen molar-refractivity contribution in [2.75, 3.05) is 6.54 Å². The van der Waals surface area contributed by atoms with E-state index in [1.807, 2.05) is 17.7 Å². The van der Waals surface area contributed by atoms with E-state index in [0.29, 0.717) is 5.02 Å². The normalized spacial score (nSPS) is 12.9. The average molecular weight is 268 g/mol. The Bertz CT molecular complexity index is 518. The van der Waals surface area contributed by atoms with E-state index in [9.17, 15) is 0 Å². The maximum atomic E-state index is 6.27. The Labute approximate surface area is 112 Å². The van der Waals surface area contributed by atoms with E-state index in [0.717, 1.165) is 30.1 Å². The van der Waals surface area contributed by atoms with E-state index >= 15 is 0 Å². The second-order valence-corrected chi connectivity index (χ2v) is 4.52. The fraction of sp³-hybridized carbons (Fsp3) is 0.462. The van der Waals surface area contributed by atoms with E-state index in [4.69, 9.17) is 16.0 Å². The van der Waals surface area contributed by atoms with Gasteiger partial charge in [0, 0.05) is 12.1 Å². The number of aryl methyl sites for hydroxylation is 2. The molecule has 2 aromatic rings. The number of nitrogens with one attached hydrogen (secondary N) is 1. The number of hydrogen-bond donors (Lipinski definition) is 1. The lowest BCUT2D eigenvalue weighted by Crippen LogP contribution is -2.25. The third-order valence-electron chi connectivity index (χ3n) is 3.02. The highest BCUT2D eigenvalue weighted by Crippen LogP contribution is 2.30. The van der Waals surface area contributed by atoms with E-state index in [2.05, 4.69) is 24.3 Å². The van der Waals surface area contributed by atoms with Crippen LogP contribution in [0.1, 0.15) is 36.9 Å². The van der Waals surface area contributed by atoms with Crippen LogP contribution in [0, 0.1) is 6.92 Å². The largest absolute Gasteiger partial charge is 0.469 e. The van der Waals surface area contributed by atoms with Crippen molar-refractivity contribution in [2.24, 2.45) is 0 Å². The molecule has 0 aliphatic rings. The van der Waals surface area contributed by atoms with Crippen molar-refractivity contribution in [1.82, 2.24) is 15.1 Å². The molecule has 0 saturated carbocycles. The lowest BCUT2D eigenvalue weighted by molar-refractivity contribution is 0.506. The second-order valence-electron chi connectivity index (χ2n) is 4.12. The standard InChI is InChI=1S/C13H18ClN3O/c1-4-15-12(10-6-7-18-9(10)3)13-11(14)8-16-17(13)5-2/h6-8,12,15H,4-5H2,1-3H3. The Morgan fingerprint density at radius 2 is 2.28 bits per heavy atom. The predicted octanol–water partition coefficient (Wildman–Crippen LogP) is 3.16. The van der Waals surface area contributed by atoms with Gasteiger partial charge in [-0.15, -0.1) is 0 Å². The summed E-state index contributed by atoms with van der Waals surface area (Å²) in [5.41, 5.74) is 2.10. The molecule has 1 atom stereocenters. The van der Waals surface area contributed by atoms with Crippen LogP contribution < -0.4 is 5.32 Å². The number of rotatable bonds is 5. The van der Waals surface area contributed by atoms with Crippen molar-refractivity contribution in [3.05, 3.63) is 40.6 Å². The second kappa shape index (κ2) is 5.59. The number of furan rings is 1. The Hall–Kier alpha value is -1.26. The van der Waals surface area contributed by atoms with Crippen LogP contribution >= 0.6 is 11.6 Å². The predicted molar refractivity (Wildman–Crippen MR) is 71.9 cm³/mol. The minimum absolute atomic E-state index is 0.0173. The van der Waals surface area contributed by atoms with Crippen LogP contribution in [0.4, 0.5) is 0 Å². The number of nitrogens with zero attached hydrogens (tertiary/aromatic N) is 2. The van der Waals surface area contributed by atoms with E-state index < -0.39 is 0 Å². The summed E-state index contributed by atoms with van der Waals surface area (Å²) in [6.45, 7) is 7.72. The molecule has 0 spiro atoms. The zero-order valence-electron chi connectivity index (χ0n) is 10.9. The molecule has 1 unspecified atom stereocenters. The molecule has 0 amide bonds. The Morgan fingerprint density at radius 1 is 1.50 bits per heavy atom. The fourth-order valence-corrected chi connectivity index (χ4v) is 2.41. The summed E-state index contributed by atoms with van der Waals surface area (Å²) in [4.78, 5) is 0. The number of hydrogen-bond acceptors (Lipinski definition) is 3. The zero-order chi connectivity index (χ0) is 13.1. The SMILES string of the molecule is CCNC(c1ccoc1C)c1c(Cl)cnn1CC. The van der Waals surface area contributed by atoms with Gasteiger partial charge in [0.15, 0.2) is 0 Å². The molecule has 0 radical (unpaired) electrons. The molecule has 2 rings (SSSR count). The highest BCUT2D eigenvalue weighted by Gasteiger charge is 2.23. The van der Waals surface area contributed by atoms with Gasteiger partial charge in [0.25, 0.3) is 0 Å². The lowest BCUT2D eigenvalue weighted by Gasteiger charge is -2.19. The summed E-state index contributed by atoms with van der Waals surface area (Å²) >= 11 is 6.27. The van der Waals surface area contributed by atoms with Crippen LogP contribution in [0.15, 0.2) is 22.9 Å². The van der Waals surface area contributed by atoms with Crippen LogP contribution in [0.25, 0.3) is 0 Å². The molecule has 98 valence electrons. The first-order valence-corrected chi connectivity index (χ1v) is 6.55. The van der Waals surface area contributed by atoms with Crippen LogP contribution in [0.5, 0.6) is 0 Å². The molecule has 5 heteroatoms. The van der Waals surface area contributed by atoms with Gasteiger partial charge < -0.3 is 9.73 Å². The van der Waals surface area contributed by atoms with Crippen LogP contribution in [0.3, 0.4) is 0 Å². The van der Waals surface area contributed by atoms with Gasteiger partial charge in [0.2, 0.25) is 0 Å². The van der Waals surface area contributed by atoms with Crippen molar-refractivity contribution in [3.63, 3.8) is 0 Å². The first kappa shape index (κ1) is 13.2. The molecule has 0 aromatic carbocycles. The monoisotopic (exact) mass is 267 g/mol. The van der Waals surface area contributed by atoms with Crippen LogP contribution in [-0.2, 0) is 6.54 Å². The number of halogens is 1. The minimum atomic E-state index is 0.0173. The zero-order valence-corrected chi connectivity index (χ0v) is 11.7. The van der Waals surface area contributed by atoms with Crippen molar-refractivity contribution < 1.29 is 4.42 Å². The van der Waals surface area contributed by atoms with Gasteiger partial charge in [-0.05, 0) is 26.5 Å². The smallest absolute Gasteiger partial charge is 0.105 e. The van der Waals surface area contributed by atoms with Crippen LogP contribution in [0.2, 0.25) is 5.02 Å². The Balaban J connectivity index is 2.47. The van der Waals surface area contributed by atoms with Crippen molar-refractivity contribution in [2.45, 2.75) is 33.4 Å². The van der Waals surface area contributed by atoms with E-state index in [1.54, 1.807) is 12.5 Å². The first-order chi connectivity index (χ1) is 8.69. The topological polar surface area (TPSA) is 43.0 Å². The van der Waals surface area contributed by atoms with Crippen molar-refractivity contribution in [3.8, 4) is 0 Å². The third-order valence-corrected chi connectivity index (χ3v) is 3.32. The van der Waals surface area contributed by atoms with Gasteiger partial charge in [0.1, 0.15) is 5.76 Å². The van der Waals surface area contributed by atoms with Crippen molar-refractivity contribution in [1.29, 1.82) is 0 Å². The van der Waals surface area contributed by atoms with Gasteiger partial charge in [-0.25, -0.2) is 0 Å². The summed E-state index contributed by atoms with van der Waals surface area (Å²) in [6.07, 6.45) is 3.40. The van der Waals surface area contributed by atoms with Gasteiger partial charge in [-0.2, -0.15) is 5.10 Å². The average Bonchev–Trinajstić information content (AvgIpc) is 2.93. The fourth-order valence-electron chi connectivity index (χ4n) is 2.16. The molecule has 4 nitrogen and oxygen atoms in total. The molecule has 0 aliphatic heterocycles. The summed E-state index contributed by atoms with van der Waals surface area (Å²) in [5, 5.41) is 8.41. The highest BCUT2D eigenvalue weighted by molar-refractivity contribution is 6.31. The van der Waals surface area contributed by atoms with Crippen molar-refractivity contribution >= 4 is 11.6 Å². The van der Waals surface area contributed by atoms with E-state index in [-0.39, 0.29) is 6.04 Å². The van der Waals surface area contributed by atoms with Gasteiger partial charge in [-0.1, -0.05) is 18.5 Å². The number of aromatic nitrogens is 2. The van der Waals surface area contributed by atoms with Gasteiger partial charge >= 0.3 is 0 Å². The summed E-state index contributed by atoms with van der Waals surface area (Å²) < 4.78 is 7.31. The molecule has 0 bridgehead atoms. The quantitative estimate of drug-likeness (QED) is 0.905. The third kappa shape index (κ3) is 2.31. The molecule has 0 aliphatic carbocycles. The Kier molecular flexibility index (Phi) is 4.09. The van der Waals surface area contributed by atoms with E-state index in [1.165, 1.54) is 0 Å². The van der Waals surface area contributed by atoms with Gasteiger partial charge in [0.05, 0.1) is 29.2 Å². The maximum absolute atomic E-state index is 6.27. The Morgan fingerprint density at radius 3 is 2.83 bits per heavy atom. The molecule has 0 fully saturated rings. The summed E-state index contributed by atoms with van der Waals surface area (Å²) in [7, 11) is 0. The molecule has 1 N–H and O–H groups in total. The molecule has 0 saturated heterocycles. The highest BCUT2D eigenvalue weighted by atomic mass is 35.5. The molecular formula is C13H18ClN3O. The maximum Gasteiger partial charge on any atom is 0.105 e. The lowest BCUT2D eigenvalue weighted by atomic mass is 10.0. The minimum Gasteiger partial charge on any atom is -0.469 e. The molecular weight excluding hydrogens is 250 g/mol. The van der Waals surface area contributed by atoms with Gasteiger partial charge in [-0.3, -0.25) is 4.68 Å². The molecule has 2 aromatic heterocycles. The summed E-state index contributed by atoms with van der Waals surface area (Å²) in [5.74, 6) is 0.904. The molecule has 2 heterocycles.